The zero-order chi connectivity index (χ0) is 27.1. The van der Waals surface area contributed by atoms with Gasteiger partial charge in [0.15, 0.2) is 17.3 Å². The van der Waals surface area contributed by atoms with Gasteiger partial charge in [-0.15, -0.1) is 0 Å². The van der Waals surface area contributed by atoms with Gasteiger partial charge in [0.25, 0.3) is 5.91 Å². The summed E-state index contributed by atoms with van der Waals surface area (Å²) >= 11 is 0. The van der Waals surface area contributed by atoms with Gasteiger partial charge in [-0.3, -0.25) is 29.5 Å². The van der Waals surface area contributed by atoms with Crippen LogP contribution in [0.4, 0.5) is 14.5 Å². The van der Waals surface area contributed by atoms with Gasteiger partial charge in [-0.05, 0) is 30.2 Å². The summed E-state index contributed by atoms with van der Waals surface area (Å²) in [6, 6.07) is 6.69. The van der Waals surface area contributed by atoms with Crippen molar-refractivity contribution in [2.75, 3.05) is 7.11 Å². The van der Waals surface area contributed by atoms with Gasteiger partial charge in [-0.1, -0.05) is 12.1 Å². The molecule has 2 N–H and O–H groups in total. The number of hydrogen-bond acceptors (Lipinski definition) is 7. The molecule has 9 nitrogen and oxygen atoms in total. The first-order valence-electron chi connectivity index (χ1n) is 12.0. The predicted molar refractivity (Wildman–Crippen MR) is 130 cm³/mol. The molecule has 1 fully saturated rings. The van der Waals surface area contributed by atoms with Crippen LogP contribution >= 0.6 is 0 Å². The lowest BCUT2D eigenvalue weighted by Crippen LogP contribution is -2.52. The van der Waals surface area contributed by atoms with Crippen molar-refractivity contribution in [2.24, 2.45) is 4.99 Å². The first kappa shape index (κ1) is 25.2. The van der Waals surface area contributed by atoms with E-state index in [1.54, 1.807) is 18.2 Å². The van der Waals surface area contributed by atoms with Crippen molar-refractivity contribution in [3.63, 3.8) is 0 Å². The number of ketones is 1. The molecule has 196 valence electrons. The van der Waals surface area contributed by atoms with E-state index in [4.69, 9.17) is 4.74 Å². The van der Waals surface area contributed by atoms with Crippen LogP contribution in [0.3, 0.4) is 0 Å². The first-order chi connectivity index (χ1) is 18.2. The number of allylic oxidation sites excluding steroid dienone is 2. The Bertz CT molecular complexity index is 1450. The second-order valence-electron chi connectivity index (χ2n) is 9.34. The number of aliphatic hydroxyl groups is 1. The molecule has 2 heterocycles. The number of aliphatic hydroxyl groups excluding tert-OH is 1. The smallest absolute Gasteiger partial charge is 0.255 e. The zero-order valence-electron chi connectivity index (χ0n) is 20.3. The summed E-state index contributed by atoms with van der Waals surface area (Å²) in [5.74, 6) is -5.38. The Balaban J connectivity index is 1.37. The minimum Gasteiger partial charge on any atom is -0.511 e. The summed E-state index contributed by atoms with van der Waals surface area (Å²) in [5.41, 5.74) is 1.20. The SMILES string of the molecule is COc1ccc(C2CC(=O)C(C=Nc3cccc4c3CN(C3CCC(=O)NC3=O)C4=O)=C(O)C2)c(F)c1F. The Morgan fingerprint density at radius 1 is 1.11 bits per heavy atom. The van der Waals surface area contributed by atoms with Crippen LogP contribution in [0.15, 0.2) is 46.7 Å². The molecule has 0 aromatic heterocycles. The maximum atomic E-state index is 14.6. The monoisotopic (exact) mass is 523 g/mol. The van der Waals surface area contributed by atoms with Crippen LogP contribution in [-0.4, -0.2) is 52.9 Å². The highest BCUT2D eigenvalue weighted by Gasteiger charge is 2.40. The second-order valence-corrected chi connectivity index (χ2v) is 9.34. The Morgan fingerprint density at radius 2 is 1.89 bits per heavy atom. The number of ether oxygens (including phenoxy) is 1. The standard InChI is InChI=1S/C27H23F2N3O6/c1-38-22-7-5-14(24(28)25(22)29)13-9-20(33)16(21(34)10-13)11-30-18-4-2-3-15-17(18)12-32(27(15)37)19-6-8-23(35)31-26(19)36/h2-5,7,11,13,19,33H,6,8-10,12H2,1H3,(H,31,35,36). The van der Waals surface area contributed by atoms with Gasteiger partial charge >= 0.3 is 0 Å². The number of fused-ring (bicyclic) bond motifs is 1. The molecular weight excluding hydrogens is 500 g/mol. The van der Waals surface area contributed by atoms with Gasteiger partial charge in [0.1, 0.15) is 11.8 Å². The maximum absolute atomic E-state index is 14.6. The Labute approximate surface area is 215 Å². The molecule has 1 saturated heterocycles. The summed E-state index contributed by atoms with van der Waals surface area (Å²) in [6.07, 6.45) is 1.30. The van der Waals surface area contributed by atoms with E-state index in [9.17, 15) is 33.1 Å². The largest absolute Gasteiger partial charge is 0.511 e. The summed E-state index contributed by atoms with van der Waals surface area (Å²) < 4.78 is 33.5. The molecular formula is C27H23F2N3O6. The van der Waals surface area contributed by atoms with Gasteiger partial charge in [0.2, 0.25) is 17.6 Å². The van der Waals surface area contributed by atoms with Gasteiger partial charge in [0, 0.05) is 49.1 Å². The predicted octanol–water partition coefficient (Wildman–Crippen LogP) is 3.40. The molecule has 1 aliphatic carbocycles. The van der Waals surface area contributed by atoms with Gasteiger partial charge < -0.3 is 14.7 Å². The van der Waals surface area contributed by atoms with Crippen LogP contribution in [0.25, 0.3) is 0 Å². The Hall–Kier alpha value is -4.41. The van der Waals surface area contributed by atoms with Gasteiger partial charge in [0.05, 0.1) is 18.4 Å². The third-order valence-electron chi connectivity index (χ3n) is 7.11. The van der Waals surface area contributed by atoms with Crippen LogP contribution < -0.4 is 10.1 Å². The number of carbonyl (C=O) groups is 4. The van der Waals surface area contributed by atoms with Crippen LogP contribution in [0.5, 0.6) is 5.75 Å². The topological polar surface area (TPSA) is 125 Å². The number of Topliss-reactive ketones (excluding diaryl/α,β-unsaturated/α-hetero) is 1. The molecule has 0 spiro atoms. The van der Waals surface area contributed by atoms with Crippen LogP contribution in [0.1, 0.15) is 53.1 Å². The highest BCUT2D eigenvalue weighted by molar-refractivity contribution is 6.15. The molecule has 2 atom stereocenters. The van der Waals surface area contributed by atoms with Crippen molar-refractivity contribution >= 4 is 35.4 Å². The van der Waals surface area contributed by atoms with E-state index in [2.05, 4.69) is 10.3 Å². The van der Waals surface area contributed by atoms with E-state index >= 15 is 0 Å². The van der Waals surface area contributed by atoms with Crippen molar-refractivity contribution in [1.29, 1.82) is 0 Å². The maximum Gasteiger partial charge on any atom is 0.255 e. The van der Waals surface area contributed by atoms with Crippen molar-refractivity contribution in [1.82, 2.24) is 10.2 Å². The lowest BCUT2D eigenvalue weighted by Gasteiger charge is -2.29. The number of benzene rings is 2. The molecule has 0 saturated carbocycles. The van der Waals surface area contributed by atoms with E-state index < -0.39 is 35.3 Å². The molecule has 11 heteroatoms. The molecule has 2 unspecified atom stereocenters. The molecule has 5 rings (SSSR count). The van der Waals surface area contributed by atoms with E-state index in [1.165, 1.54) is 30.4 Å². The number of nitrogens with one attached hydrogen (secondary N) is 1. The number of aliphatic imine (C=N–C) groups is 1. The number of carbonyl (C=O) groups excluding carboxylic acids is 4. The fourth-order valence-corrected chi connectivity index (χ4v) is 5.12. The molecule has 2 aliphatic heterocycles. The minimum absolute atomic E-state index is 0.0351. The van der Waals surface area contributed by atoms with Crippen LogP contribution in [0, 0.1) is 11.6 Å². The number of hydrogen-bond donors (Lipinski definition) is 2. The number of rotatable bonds is 5. The van der Waals surface area contributed by atoms with Gasteiger partial charge in [-0.2, -0.15) is 4.39 Å². The third kappa shape index (κ3) is 4.33. The lowest BCUT2D eigenvalue weighted by molar-refractivity contribution is -0.137. The van der Waals surface area contributed by atoms with Crippen molar-refractivity contribution in [3.05, 3.63) is 70.0 Å². The van der Waals surface area contributed by atoms with Crippen molar-refractivity contribution in [3.8, 4) is 5.75 Å². The molecule has 0 radical (unpaired) electrons. The Kier molecular flexibility index (Phi) is 6.52. The third-order valence-corrected chi connectivity index (χ3v) is 7.11. The van der Waals surface area contributed by atoms with Crippen LogP contribution in [-0.2, 0) is 20.9 Å². The average Bonchev–Trinajstić information content (AvgIpc) is 3.22. The number of imide groups is 1. The average molecular weight is 523 g/mol. The van der Waals surface area contributed by atoms with Crippen molar-refractivity contribution < 1.29 is 37.8 Å². The first-order valence-corrected chi connectivity index (χ1v) is 12.0. The number of nitrogens with zero attached hydrogens (tertiary/aromatic N) is 2. The molecule has 3 aliphatic rings. The van der Waals surface area contributed by atoms with Crippen molar-refractivity contribution in [2.45, 2.75) is 44.2 Å². The summed E-state index contributed by atoms with van der Waals surface area (Å²) in [7, 11) is 1.21. The highest BCUT2D eigenvalue weighted by atomic mass is 19.2. The fourth-order valence-electron chi connectivity index (χ4n) is 5.12. The molecule has 38 heavy (non-hydrogen) atoms. The molecule has 3 amide bonds. The van der Waals surface area contributed by atoms with E-state index in [-0.39, 0.29) is 66.7 Å². The number of halogens is 2. The zero-order valence-corrected chi connectivity index (χ0v) is 20.3. The summed E-state index contributed by atoms with van der Waals surface area (Å²) in [4.78, 5) is 55.4. The minimum atomic E-state index is -1.16. The lowest BCUT2D eigenvalue weighted by atomic mass is 9.82. The normalized spacial score (nSPS) is 21.8. The molecule has 0 bridgehead atoms. The highest BCUT2D eigenvalue weighted by Crippen LogP contribution is 2.38. The van der Waals surface area contributed by atoms with Crippen LogP contribution in [0.2, 0.25) is 0 Å². The molecule has 2 aromatic rings. The fraction of sp³-hybridized carbons (Fsp3) is 0.296. The number of methoxy groups -OCH3 is 1. The quantitative estimate of drug-likeness (QED) is 0.457. The summed E-state index contributed by atoms with van der Waals surface area (Å²) in [5, 5.41) is 12.9. The number of amides is 3. The molecule has 2 aromatic carbocycles. The number of piperidine rings is 1. The second kappa shape index (κ2) is 9.81. The van der Waals surface area contributed by atoms with E-state index in [1.807, 2.05) is 0 Å². The van der Waals surface area contributed by atoms with Gasteiger partial charge in [-0.25, -0.2) is 4.39 Å². The van der Waals surface area contributed by atoms with E-state index in [0.717, 1.165) is 0 Å². The Morgan fingerprint density at radius 3 is 2.61 bits per heavy atom. The van der Waals surface area contributed by atoms with E-state index in [0.29, 0.717) is 16.8 Å². The summed E-state index contributed by atoms with van der Waals surface area (Å²) in [6.45, 7) is 0.0946.